The van der Waals surface area contributed by atoms with Crippen molar-refractivity contribution >= 4 is 27.4 Å². The fraction of sp³-hybridized carbons (Fsp3) is 0.444. The molecular weight excluding hydrogens is 553 g/mol. The molecule has 0 saturated carbocycles. The Hall–Kier alpha value is -0.924. The van der Waals surface area contributed by atoms with Crippen LogP contribution in [0.5, 0.6) is 5.88 Å². The van der Waals surface area contributed by atoms with E-state index in [1.807, 2.05) is 55.1 Å². The predicted molar refractivity (Wildman–Crippen MR) is 157 cm³/mol. The largest absolute Gasteiger partial charge is 1.00 e. The molecule has 0 aliphatic carbocycles. The smallest absolute Gasteiger partial charge is 0.478 e. The van der Waals surface area contributed by atoms with Crippen LogP contribution in [0.15, 0.2) is 51.3 Å². The van der Waals surface area contributed by atoms with Gasteiger partial charge < -0.3 is 9.72 Å². The second-order valence-electron chi connectivity index (χ2n) is 7.37. The molecule has 0 aliphatic rings. The molecule has 38 heavy (non-hydrogen) atoms. The van der Waals surface area contributed by atoms with Crippen molar-refractivity contribution in [3.8, 4) is 5.88 Å². The molecule has 2 N–H and O–H groups in total. The summed E-state index contributed by atoms with van der Waals surface area (Å²) >= 11 is 0. The van der Waals surface area contributed by atoms with Crippen LogP contribution in [0, 0.1) is 6.92 Å². The topological polar surface area (TPSA) is 87.8 Å². The molecule has 0 bridgehead atoms. The first-order chi connectivity index (χ1) is 17.7. The number of H-pyrrole nitrogens is 2. The van der Waals surface area contributed by atoms with Gasteiger partial charge in [-0.15, -0.1) is 8.20 Å². The van der Waals surface area contributed by atoms with Crippen molar-refractivity contribution in [1.82, 2.24) is 15.0 Å². The number of rotatable bonds is 10. The van der Waals surface area contributed by atoms with Crippen molar-refractivity contribution in [2.24, 2.45) is 0 Å². The Kier molecular flexibility index (Phi) is 22.5. The summed E-state index contributed by atoms with van der Waals surface area (Å²) in [5, 5.41) is 0.815. The first kappa shape index (κ1) is 39.2. The van der Waals surface area contributed by atoms with Gasteiger partial charge in [0.05, 0.1) is 12.3 Å². The average molecular weight is 594 g/mol. The molecule has 11 heteroatoms. The summed E-state index contributed by atoms with van der Waals surface area (Å²) in [7, 11) is 0.624. The third kappa shape index (κ3) is 13.0. The van der Waals surface area contributed by atoms with Crippen molar-refractivity contribution in [2.45, 2.75) is 67.0 Å². The number of aromatic nitrogens is 3. The van der Waals surface area contributed by atoms with Gasteiger partial charge in [0, 0.05) is 12.3 Å². The quantitative estimate of drug-likeness (QED) is 0.187. The Balaban J connectivity index is 0. The predicted octanol–water partition coefficient (Wildman–Crippen LogP) is 4.25. The number of halogens is 2. The summed E-state index contributed by atoms with van der Waals surface area (Å²) in [5.41, 5.74) is 0.524. The van der Waals surface area contributed by atoms with Crippen LogP contribution in [-0.4, -0.2) is 39.7 Å². The molecule has 2 unspecified atom stereocenters. The average Bonchev–Trinajstić information content (AvgIpc) is 2.89. The number of aromatic amines is 2. The second kappa shape index (κ2) is 21.8. The molecule has 0 spiro atoms. The number of pyridine rings is 1. The monoisotopic (exact) mass is 593 g/mol. The molecule has 2 rings (SSSR count). The van der Waals surface area contributed by atoms with Gasteiger partial charge in [0.2, 0.25) is 17.9 Å². The molecule has 0 radical (unpaired) electrons. The Labute approximate surface area is 271 Å². The number of ether oxygens (including phenoxy) is 1. The Bertz CT molecular complexity index is 1170. The molecule has 2 atom stereocenters. The zero-order valence-electron chi connectivity index (χ0n) is 24.0. The molecule has 206 valence electrons. The first-order valence-electron chi connectivity index (χ1n) is 12.3. The van der Waals surface area contributed by atoms with Crippen LogP contribution in [0.3, 0.4) is 0 Å². The summed E-state index contributed by atoms with van der Waals surface area (Å²) in [4.78, 5) is 32.1. The van der Waals surface area contributed by atoms with E-state index in [9.17, 15) is 18.4 Å². The maximum Gasteiger partial charge on any atom is 1.00 e. The van der Waals surface area contributed by atoms with Gasteiger partial charge in [-0.1, -0.05) is 54.3 Å². The molecule has 0 aliphatic heterocycles. The van der Waals surface area contributed by atoms with Crippen molar-refractivity contribution in [3.63, 3.8) is 0 Å². The van der Waals surface area contributed by atoms with E-state index < -0.39 is 23.3 Å². The second-order valence-corrected chi connectivity index (χ2v) is 10.1. The molecule has 6 nitrogen and oxygen atoms in total. The molecule has 2 aromatic rings. The molecule has 0 fully saturated rings. The number of alkyl halides is 2. The zero-order chi connectivity index (χ0) is 28.5. The van der Waals surface area contributed by atoms with Crippen molar-refractivity contribution < 1.29 is 64.9 Å². The van der Waals surface area contributed by atoms with E-state index in [2.05, 4.69) is 21.9 Å². The van der Waals surface area contributed by atoms with Gasteiger partial charge in [-0.2, -0.15) is 18.6 Å². The summed E-state index contributed by atoms with van der Waals surface area (Å²) in [6.07, 6.45) is 2.71. The maximum atomic E-state index is 14.2. The molecule has 2 aromatic heterocycles. The van der Waals surface area contributed by atoms with Crippen LogP contribution in [0.2, 0.25) is 0 Å². The number of hydrogen-bond acceptors (Lipinski definition) is 4. The number of nitrogens with zero attached hydrogens (tertiary/aromatic N) is 1. The molecular formula is C27H40F2KN3O3P2. The Morgan fingerprint density at radius 1 is 1.24 bits per heavy atom. The number of hydrogen-bond donors (Lipinski definition) is 2. The number of nitrogens with one attached hydrogen (secondary N) is 2. The summed E-state index contributed by atoms with van der Waals surface area (Å²) in [6.45, 7) is 20.0. The minimum Gasteiger partial charge on any atom is -0.478 e. The first-order valence-corrected chi connectivity index (χ1v) is 14.7. The Morgan fingerprint density at radius 3 is 2.37 bits per heavy atom. The molecule has 0 amide bonds. The van der Waals surface area contributed by atoms with Gasteiger partial charge in [-0.05, 0) is 55.4 Å². The minimum absolute atomic E-state index is 0. The van der Waals surface area contributed by atoms with Crippen molar-refractivity contribution in [2.75, 3.05) is 13.3 Å². The van der Waals surface area contributed by atoms with Gasteiger partial charge in [0.1, 0.15) is 0 Å². The summed E-state index contributed by atoms with van der Waals surface area (Å²) in [5.74, 6) is 0.333. The Morgan fingerprint density at radius 2 is 1.87 bits per heavy atom. The van der Waals surface area contributed by atoms with E-state index >= 15 is 0 Å². The van der Waals surface area contributed by atoms with Crippen LogP contribution in [0.1, 0.15) is 71.7 Å². The maximum absolute atomic E-state index is 14.2. The standard InChI is InChI=1S/C23H28F2N3O3P2.2C2H6.K/c1-6-9-31-18-11-15(7-8-26-18)19(20(24)25)33-22(32-5)16(13(2)3)10-14(4)17-12-27-23(30)28-21(17)29;2*1-2;/h7-8,10-12,19-20,33H,4,6,9H2,1-3,5H3,(H2,27,28,29,30);2*1-2H3;/q-1;;;+1/b14-10+;;;. The van der Waals surface area contributed by atoms with Crippen LogP contribution in [-0.2, 0) is 0 Å². The van der Waals surface area contributed by atoms with E-state index in [0.717, 1.165) is 30.8 Å². The van der Waals surface area contributed by atoms with Crippen LogP contribution in [0.4, 0.5) is 8.78 Å². The van der Waals surface area contributed by atoms with Gasteiger partial charge in [0.25, 0.3) is 0 Å². The third-order valence-corrected chi connectivity index (χ3v) is 7.80. The van der Waals surface area contributed by atoms with Gasteiger partial charge in [-0.25, -0.2) is 18.6 Å². The van der Waals surface area contributed by atoms with E-state index in [0.29, 0.717) is 23.6 Å². The SMILES string of the molecule is CC.CC.[CH2-]/C(=C\C(C(=PC)PC(c1ccnc(OCCC)c1)C(F)F)=C(C)C)c1c[nH]c(=O)[nH]c1=O.[K+]. The van der Waals surface area contributed by atoms with Crippen molar-refractivity contribution in [3.05, 3.63) is 80.6 Å². The normalized spacial score (nSPS) is 12.1. The van der Waals surface area contributed by atoms with E-state index in [-0.39, 0.29) is 65.5 Å². The van der Waals surface area contributed by atoms with Crippen molar-refractivity contribution in [1.29, 1.82) is 0 Å². The van der Waals surface area contributed by atoms with Crippen LogP contribution in [0.25, 0.3) is 5.57 Å². The zero-order valence-corrected chi connectivity index (χ0v) is 29.1. The van der Waals surface area contributed by atoms with E-state index in [1.165, 1.54) is 12.4 Å². The van der Waals surface area contributed by atoms with Gasteiger partial charge in [-0.3, -0.25) is 9.78 Å². The minimum atomic E-state index is -2.58. The molecule has 0 aromatic carbocycles. The van der Waals surface area contributed by atoms with Crippen LogP contribution >= 0.6 is 16.8 Å². The molecule has 2 heterocycles. The fourth-order valence-corrected chi connectivity index (χ4v) is 5.66. The summed E-state index contributed by atoms with van der Waals surface area (Å²) < 4.78 is 33.8. The van der Waals surface area contributed by atoms with Gasteiger partial charge in [0.15, 0.2) is 0 Å². The summed E-state index contributed by atoms with van der Waals surface area (Å²) in [6, 6.07) is 3.17. The van der Waals surface area contributed by atoms with Crippen LogP contribution < -0.4 is 67.4 Å². The number of allylic oxidation sites excluding steroid dienone is 4. The third-order valence-electron chi connectivity index (χ3n) is 4.62. The van der Waals surface area contributed by atoms with Gasteiger partial charge >= 0.3 is 57.1 Å². The molecule has 0 saturated heterocycles. The van der Waals surface area contributed by atoms with E-state index in [1.54, 1.807) is 18.2 Å². The fourth-order valence-electron chi connectivity index (χ4n) is 2.96. The van der Waals surface area contributed by atoms with E-state index in [4.69, 9.17) is 4.74 Å².